The van der Waals surface area contributed by atoms with Crippen molar-refractivity contribution >= 4 is 17.7 Å². The molecule has 0 atom stereocenters. The Labute approximate surface area is 117 Å². The minimum atomic E-state index is -4.72. The fraction of sp³-hybridized carbons (Fsp3) is 0.250. The molecule has 1 aromatic rings. The maximum atomic E-state index is 12.7. The molecule has 1 aromatic carbocycles. The molecular weight excluding hydrogens is 291 g/mol. The highest BCUT2D eigenvalue weighted by atomic mass is 19.4. The van der Waals surface area contributed by atoms with Crippen LogP contribution in [-0.2, 0) is 11.0 Å². The van der Waals surface area contributed by atoms with Gasteiger partial charge in [0.05, 0.1) is 23.6 Å². The van der Waals surface area contributed by atoms with Crippen molar-refractivity contribution in [2.24, 2.45) is 0 Å². The number of rotatable bonds is 4. The number of carbonyl (C=O) groups excluding carboxylic acids is 1. The number of hydrogen-bond acceptors (Lipinski definition) is 3. The molecule has 1 rings (SSSR count). The van der Waals surface area contributed by atoms with E-state index >= 15 is 0 Å². The Hall–Kier alpha value is -2.76. The van der Waals surface area contributed by atoms with Crippen molar-refractivity contribution in [2.75, 3.05) is 11.9 Å². The monoisotopic (exact) mass is 301 g/mol. The number of carboxylic acids is 1. The topological polar surface area (TPSA) is 102 Å². The van der Waals surface area contributed by atoms with Crippen molar-refractivity contribution in [3.05, 3.63) is 29.3 Å². The van der Waals surface area contributed by atoms with Gasteiger partial charge in [-0.3, -0.25) is 4.79 Å². The Kier molecular flexibility index (Phi) is 5.12. The molecule has 21 heavy (non-hydrogen) atoms. The molecule has 0 fully saturated rings. The van der Waals surface area contributed by atoms with E-state index in [1.165, 1.54) is 6.07 Å². The number of carboxylic acid groups (broad SMARTS) is 1. The molecule has 9 heteroatoms. The quantitative estimate of drug-likeness (QED) is 0.793. The lowest BCUT2D eigenvalue weighted by molar-refractivity contribution is -0.138. The van der Waals surface area contributed by atoms with Crippen LogP contribution in [-0.4, -0.2) is 23.7 Å². The third-order valence-electron chi connectivity index (χ3n) is 2.33. The number of hydrogen-bond donors (Lipinski definition) is 3. The molecule has 0 bridgehead atoms. The first-order chi connectivity index (χ1) is 9.74. The number of halogens is 3. The van der Waals surface area contributed by atoms with E-state index in [0.29, 0.717) is 6.07 Å². The average molecular weight is 301 g/mol. The Balaban J connectivity index is 2.79. The van der Waals surface area contributed by atoms with Gasteiger partial charge in [0.1, 0.15) is 0 Å². The van der Waals surface area contributed by atoms with Gasteiger partial charge in [-0.15, -0.1) is 0 Å². The minimum Gasteiger partial charge on any atom is -0.481 e. The van der Waals surface area contributed by atoms with Crippen LogP contribution < -0.4 is 10.6 Å². The lowest BCUT2D eigenvalue weighted by atomic mass is 10.1. The molecule has 0 aliphatic rings. The van der Waals surface area contributed by atoms with Crippen LogP contribution in [0.15, 0.2) is 18.2 Å². The van der Waals surface area contributed by atoms with Gasteiger partial charge in [-0.05, 0) is 18.2 Å². The summed E-state index contributed by atoms with van der Waals surface area (Å²) < 4.78 is 38.1. The summed E-state index contributed by atoms with van der Waals surface area (Å²) in [7, 11) is 0. The summed E-state index contributed by atoms with van der Waals surface area (Å²) in [6.07, 6.45) is -5.03. The Bertz CT molecular complexity index is 594. The summed E-state index contributed by atoms with van der Waals surface area (Å²) >= 11 is 0. The molecule has 112 valence electrons. The molecule has 0 heterocycles. The van der Waals surface area contributed by atoms with E-state index < -0.39 is 29.3 Å². The molecule has 0 radical (unpaired) electrons. The van der Waals surface area contributed by atoms with Crippen LogP contribution in [0.2, 0.25) is 0 Å². The van der Waals surface area contributed by atoms with E-state index in [1.54, 1.807) is 0 Å². The van der Waals surface area contributed by atoms with Crippen LogP contribution in [0.1, 0.15) is 17.5 Å². The number of nitrogens with one attached hydrogen (secondary N) is 2. The van der Waals surface area contributed by atoms with Crippen LogP contribution >= 0.6 is 0 Å². The van der Waals surface area contributed by atoms with Gasteiger partial charge in [0.25, 0.3) is 0 Å². The highest BCUT2D eigenvalue weighted by Gasteiger charge is 2.33. The lowest BCUT2D eigenvalue weighted by Gasteiger charge is -2.12. The predicted molar refractivity (Wildman–Crippen MR) is 65.4 cm³/mol. The molecule has 6 nitrogen and oxygen atoms in total. The number of nitriles is 1. The van der Waals surface area contributed by atoms with Crippen molar-refractivity contribution in [2.45, 2.75) is 12.6 Å². The summed E-state index contributed by atoms with van der Waals surface area (Å²) in [5.74, 6) is -1.12. The van der Waals surface area contributed by atoms with Gasteiger partial charge < -0.3 is 15.7 Å². The van der Waals surface area contributed by atoms with Crippen LogP contribution in [0.4, 0.5) is 23.7 Å². The fourth-order valence-electron chi connectivity index (χ4n) is 1.41. The zero-order chi connectivity index (χ0) is 16.0. The lowest BCUT2D eigenvalue weighted by Crippen LogP contribution is -2.30. The van der Waals surface area contributed by atoms with Gasteiger partial charge in [-0.1, -0.05) is 0 Å². The van der Waals surface area contributed by atoms with Crippen LogP contribution in [0.25, 0.3) is 0 Å². The zero-order valence-electron chi connectivity index (χ0n) is 10.5. The number of anilines is 1. The number of urea groups is 1. The molecule has 0 aromatic heterocycles. The Morgan fingerprint density at radius 1 is 1.33 bits per heavy atom. The van der Waals surface area contributed by atoms with Crippen molar-refractivity contribution < 1.29 is 27.9 Å². The van der Waals surface area contributed by atoms with E-state index in [4.69, 9.17) is 10.4 Å². The summed E-state index contributed by atoms with van der Waals surface area (Å²) in [5.41, 5.74) is -1.87. The summed E-state index contributed by atoms with van der Waals surface area (Å²) in [6.45, 7) is -0.163. The molecule has 0 aliphatic heterocycles. The average Bonchev–Trinajstić information content (AvgIpc) is 2.37. The SMILES string of the molecule is N#Cc1ccc(NC(=O)NCCC(=O)O)cc1C(F)(F)F. The van der Waals surface area contributed by atoms with E-state index in [9.17, 15) is 22.8 Å². The smallest absolute Gasteiger partial charge is 0.417 e. The second kappa shape index (κ2) is 6.60. The molecule has 0 saturated heterocycles. The van der Waals surface area contributed by atoms with Crippen molar-refractivity contribution in [3.63, 3.8) is 0 Å². The van der Waals surface area contributed by atoms with Gasteiger partial charge >= 0.3 is 18.2 Å². The second-order valence-electron chi connectivity index (χ2n) is 3.89. The predicted octanol–water partition coefficient (Wildman–Crippen LogP) is 2.17. The third kappa shape index (κ3) is 5.02. The summed E-state index contributed by atoms with van der Waals surface area (Å²) in [5, 5.41) is 21.3. The van der Waals surface area contributed by atoms with Crippen molar-refractivity contribution in [3.8, 4) is 6.07 Å². The van der Waals surface area contributed by atoms with Gasteiger partial charge in [-0.2, -0.15) is 18.4 Å². The number of amides is 2. The molecular formula is C12H10F3N3O3. The molecule has 0 saturated carbocycles. The largest absolute Gasteiger partial charge is 0.481 e. The fourth-order valence-corrected chi connectivity index (χ4v) is 1.41. The molecule has 0 spiro atoms. The zero-order valence-corrected chi connectivity index (χ0v) is 10.5. The number of carbonyl (C=O) groups is 2. The number of alkyl halides is 3. The highest BCUT2D eigenvalue weighted by molar-refractivity contribution is 5.89. The van der Waals surface area contributed by atoms with Crippen LogP contribution in [0.5, 0.6) is 0 Å². The maximum absolute atomic E-state index is 12.7. The molecule has 3 N–H and O–H groups in total. The van der Waals surface area contributed by atoms with Gasteiger partial charge in [0.2, 0.25) is 0 Å². The first-order valence-corrected chi connectivity index (χ1v) is 5.62. The molecule has 0 unspecified atom stereocenters. The number of nitrogens with zero attached hydrogens (tertiary/aromatic N) is 1. The van der Waals surface area contributed by atoms with E-state index in [0.717, 1.165) is 12.1 Å². The Morgan fingerprint density at radius 2 is 2.00 bits per heavy atom. The van der Waals surface area contributed by atoms with Gasteiger partial charge in [0, 0.05) is 12.2 Å². The van der Waals surface area contributed by atoms with E-state index in [2.05, 4.69) is 10.6 Å². The third-order valence-corrected chi connectivity index (χ3v) is 2.33. The van der Waals surface area contributed by atoms with Gasteiger partial charge in [-0.25, -0.2) is 4.79 Å². The summed E-state index contributed by atoms with van der Waals surface area (Å²) in [6, 6.07) is 3.29. The van der Waals surface area contributed by atoms with Gasteiger partial charge in [0.15, 0.2) is 0 Å². The normalized spacial score (nSPS) is 10.6. The van der Waals surface area contributed by atoms with Crippen molar-refractivity contribution in [1.29, 1.82) is 5.26 Å². The molecule has 0 aliphatic carbocycles. The first-order valence-electron chi connectivity index (χ1n) is 5.62. The van der Waals surface area contributed by atoms with E-state index in [-0.39, 0.29) is 18.7 Å². The summed E-state index contributed by atoms with van der Waals surface area (Å²) in [4.78, 5) is 21.6. The van der Waals surface area contributed by atoms with E-state index in [1.807, 2.05) is 0 Å². The second-order valence-corrected chi connectivity index (χ2v) is 3.89. The number of benzene rings is 1. The standard InChI is InChI=1S/C12H10F3N3O3/c13-12(14,15)9-5-8(2-1-7(9)6-16)18-11(21)17-4-3-10(19)20/h1-2,5H,3-4H2,(H,19,20)(H2,17,18,21). The van der Waals surface area contributed by atoms with Crippen molar-refractivity contribution in [1.82, 2.24) is 5.32 Å². The molecule has 2 amide bonds. The van der Waals surface area contributed by atoms with Crippen LogP contribution in [0.3, 0.4) is 0 Å². The maximum Gasteiger partial charge on any atom is 0.417 e. The van der Waals surface area contributed by atoms with Crippen LogP contribution in [0, 0.1) is 11.3 Å². The minimum absolute atomic E-state index is 0.158. The number of aliphatic carboxylic acids is 1. The Morgan fingerprint density at radius 3 is 2.52 bits per heavy atom. The first kappa shape index (κ1) is 16.3. The highest BCUT2D eigenvalue weighted by Crippen LogP contribution is 2.33.